The number of rotatable bonds is 7. The van der Waals surface area contributed by atoms with Crippen molar-refractivity contribution in [3.63, 3.8) is 0 Å². The summed E-state index contributed by atoms with van der Waals surface area (Å²) >= 11 is 0. The number of hydrogen-bond acceptors (Lipinski definition) is 3. The maximum absolute atomic E-state index is 4.71. The monoisotopic (exact) mass is 261 g/mol. The van der Waals surface area contributed by atoms with Crippen molar-refractivity contribution in [1.29, 1.82) is 0 Å². The standard InChI is InChI=1S/C16H27N3/c1-7-8-17-10-15-13(4)9-14(5)18-16(15)19(6)11-12(2)3/h9,17H,2,7-8,10-11H2,1,3-6H3. The van der Waals surface area contributed by atoms with E-state index in [2.05, 4.69) is 43.8 Å². The summed E-state index contributed by atoms with van der Waals surface area (Å²) in [6.07, 6.45) is 1.15. The topological polar surface area (TPSA) is 28.2 Å². The predicted molar refractivity (Wildman–Crippen MR) is 83.8 cm³/mol. The van der Waals surface area contributed by atoms with Crippen LogP contribution in [0.15, 0.2) is 18.2 Å². The molecule has 0 amide bonds. The third kappa shape index (κ3) is 4.67. The highest BCUT2D eigenvalue weighted by Crippen LogP contribution is 2.22. The number of nitrogens with one attached hydrogen (secondary N) is 1. The van der Waals surface area contributed by atoms with Crippen LogP contribution < -0.4 is 10.2 Å². The minimum absolute atomic E-state index is 0.844. The first kappa shape index (κ1) is 15.7. The van der Waals surface area contributed by atoms with Crippen LogP contribution in [0.3, 0.4) is 0 Å². The fraction of sp³-hybridized carbons (Fsp3) is 0.562. The van der Waals surface area contributed by atoms with Crippen LogP contribution in [0.5, 0.6) is 0 Å². The Hall–Kier alpha value is -1.35. The Morgan fingerprint density at radius 2 is 2.11 bits per heavy atom. The number of aromatic nitrogens is 1. The average molecular weight is 261 g/mol. The van der Waals surface area contributed by atoms with Gasteiger partial charge in [-0.15, -0.1) is 0 Å². The van der Waals surface area contributed by atoms with Gasteiger partial charge >= 0.3 is 0 Å². The third-order valence-corrected chi connectivity index (χ3v) is 3.05. The van der Waals surface area contributed by atoms with Crippen molar-refractivity contribution in [1.82, 2.24) is 10.3 Å². The number of hydrogen-bond donors (Lipinski definition) is 1. The molecule has 0 saturated heterocycles. The van der Waals surface area contributed by atoms with Gasteiger partial charge in [0.15, 0.2) is 0 Å². The summed E-state index contributed by atoms with van der Waals surface area (Å²) in [6, 6.07) is 2.15. The highest BCUT2D eigenvalue weighted by molar-refractivity contribution is 5.51. The lowest BCUT2D eigenvalue weighted by atomic mass is 10.1. The lowest BCUT2D eigenvalue weighted by Crippen LogP contribution is -2.25. The van der Waals surface area contributed by atoms with Crippen LogP contribution in [0.2, 0.25) is 0 Å². The quantitative estimate of drug-likeness (QED) is 0.603. The SMILES string of the molecule is C=C(C)CN(C)c1nc(C)cc(C)c1CNCCC. The van der Waals surface area contributed by atoms with E-state index in [0.717, 1.165) is 43.1 Å². The number of anilines is 1. The molecule has 0 aliphatic rings. The van der Waals surface area contributed by atoms with Gasteiger partial charge in [0, 0.05) is 31.4 Å². The molecule has 3 nitrogen and oxygen atoms in total. The van der Waals surface area contributed by atoms with Crippen molar-refractivity contribution in [2.45, 2.75) is 40.7 Å². The molecule has 1 heterocycles. The number of nitrogens with zero attached hydrogens (tertiary/aromatic N) is 2. The second kappa shape index (κ2) is 7.29. The minimum Gasteiger partial charge on any atom is -0.355 e. The fourth-order valence-electron chi connectivity index (χ4n) is 2.25. The van der Waals surface area contributed by atoms with E-state index >= 15 is 0 Å². The molecule has 0 spiro atoms. The summed E-state index contributed by atoms with van der Waals surface area (Å²) in [5.74, 6) is 1.07. The van der Waals surface area contributed by atoms with Crippen LogP contribution in [0, 0.1) is 13.8 Å². The molecule has 1 rings (SSSR count). The van der Waals surface area contributed by atoms with Gasteiger partial charge in [0.05, 0.1) is 0 Å². The van der Waals surface area contributed by atoms with E-state index in [9.17, 15) is 0 Å². The number of pyridine rings is 1. The summed E-state index contributed by atoms with van der Waals surface area (Å²) < 4.78 is 0. The normalized spacial score (nSPS) is 10.6. The van der Waals surface area contributed by atoms with Gasteiger partial charge in [0.25, 0.3) is 0 Å². The Labute approximate surface area is 117 Å². The Morgan fingerprint density at radius 3 is 2.68 bits per heavy atom. The zero-order chi connectivity index (χ0) is 14.4. The number of likely N-dealkylation sites (N-methyl/N-ethyl adjacent to an activating group) is 1. The van der Waals surface area contributed by atoms with Gasteiger partial charge in [0.1, 0.15) is 5.82 Å². The molecule has 0 aromatic carbocycles. The Morgan fingerprint density at radius 1 is 1.42 bits per heavy atom. The molecule has 3 heteroatoms. The first-order valence-electron chi connectivity index (χ1n) is 6.99. The van der Waals surface area contributed by atoms with Crippen molar-refractivity contribution in [2.24, 2.45) is 0 Å². The Kier molecular flexibility index (Phi) is 6.03. The van der Waals surface area contributed by atoms with Crippen LogP contribution in [-0.4, -0.2) is 25.1 Å². The first-order valence-corrected chi connectivity index (χ1v) is 6.99. The van der Waals surface area contributed by atoms with E-state index in [4.69, 9.17) is 4.98 Å². The van der Waals surface area contributed by atoms with Crippen molar-refractivity contribution >= 4 is 5.82 Å². The van der Waals surface area contributed by atoms with Crippen molar-refractivity contribution in [3.05, 3.63) is 35.0 Å². The molecule has 1 aromatic heterocycles. The van der Waals surface area contributed by atoms with Gasteiger partial charge in [-0.25, -0.2) is 4.98 Å². The maximum Gasteiger partial charge on any atom is 0.133 e. The van der Waals surface area contributed by atoms with Gasteiger partial charge in [-0.2, -0.15) is 0 Å². The van der Waals surface area contributed by atoms with Crippen molar-refractivity contribution < 1.29 is 0 Å². The van der Waals surface area contributed by atoms with Gasteiger partial charge in [-0.1, -0.05) is 19.1 Å². The van der Waals surface area contributed by atoms with Crippen LogP contribution >= 0.6 is 0 Å². The van der Waals surface area contributed by atoms with Gasteiger partial charge < -0.3 is 10.2 Å². The van der Waals surface area contributed by atoms with Crippen molar-refractivity contribution in [3.8, 4) is 0 Å². The second-order valence-corrected chi connectivity index (χ2v) is 5.37. The van der Waals surface area contributed by atoms with Crippen LogP contribution in [-0.2, 0) is 6.54 Å². The Bertz CT molecular complexity index is 438. The third-order valence-electron chi connectivity index (χ3n) is 3.05. The Balaban J connectivity index is 3.01. The van der Waals surface area contributed by atoms with Crippen molar-refractivity contribution in [2.75, 3.05) is 25.0 Å². The molecule has 0 saturated carbocycles. The zero-order valence-corrected chi connectivity index (χ0v) is 13.0. The lowest BCUT2D eigenvalue weighted by Gasteiger charge is -2.23. The number of aryl methyl sites for hydroxylation is 2. The molecular formula is C16H27N3. The molecule has 0 radical (unpaired) electrons. The smallest absolute Gasteiger partial charge is 0.133 e. The van der Waals surface area contributed by atoms with E-state index < -0.39 is 0 Å². The average Bonchev–Trinajstić information content (AvgIpc) is 2.30. The minimum atomic E-state index is 0.844. The highest BCUT2D eigenvalue weighted by atomic mass is 15.2. The second-order valence-electron chi connectivity index (χ2n) is 5.37. The maximum atomic E-state index is 4.71. The van der Waals surface area contributed by atoms with E-state index in [1.807, 2.05) is 13.8 Å². The molecule has 0 unspecified atom stereocenters. The van der Waals surface area contributed by atoms with Gasteiger partial charge in [-0.3, -0.25) is 0 Å². The fourth-order valence-corrected chi connectivity index (χ4v) is 2.25. The summed E-state index contributed by atoms with van der Waals surface area (Å²) in [6.45, 7) is 15.2. The van der Waals surface area contributed by atoms with E-state index in [0.29, 0.717) is 0 Å². The van der Waals surface area contributed by atoms with Gasteiger partial charge in [-0.05, 0) is 45.4 Å². The summed E-state index contributed by atoms with van der Waals surface area (Å²) in [4.78, 5) is 6.90. The molecule has 106 valence electrons. The largest absolute Gasteiger partial charge is 0.355 e. The molecule has 1 aromatic rings. The molecular weight excluding hydrogens is 234 g/mol. The van der Waals surface area contributed by atoms with Crippen LogP contribution in [0.4, 0.5) is 5.82 Å². The van der Waals surface area contributed by atoms with E-state index in [1.54, 1.807) is 0 Å². The van der Waals surface area contributed by atoms with Crippen LogP contribution in [0.25, 0.3) is 0 Å². The summed E-state index contributed by atoms with van der Waals surface area (Å²) in [5, 5.41) is 3.47. The van der Waals surface area contributed by atoms with Crippen LogP contribution in [0.1, 0.15) is 37.1 Å². The highest BCUT2D eigenvalue weighted by Gasteiger charge is 2.12. The molecule has 0 bridgehead atoms. The predicted octanol–water partition coefficient (Wildman–Crippen LogP) is 3.21. The molecule has 1 N–H and O–H groups in total. The summed E-state index contributed by atoms with van der Waals surface area (Å²) in [5.41, 5.74) is 4.82. The first-order chi connectivity index (χ1) is 8.95. The lowest BCUT2D eigenvalue weighted by molar-refractivity contribution is 0.669. The molecule has 0 aliphatic heterocycles. The molecule has 0 fully saturated rings. The molecule has 19 heavy (non-hydrogen) atoms. The van der Waals surface area contributed by atoms with Gasteiger partial charge in [0.2, 0.25) is 0 Å². The van der Waals surface area contributed by atoms with E-state index in [-0.39, 0.29) is 0 Å². The summed E-state index contributed by atoms with van der Waals surface area (Å²) in [7, 11) is 2.08. The zero-order valence-electron chi connectivity index (χ0n) is 13.0. The molecule has 0 aliphatic carbocycles. The van der Waals surface area contributed by atoms with E-state index in [1.165, 1.54) is 11.1 Å². The molecule has 0 atom stereocenters.